The van der Waals surface area contributed by atoms with Gasteiger partial charge in [-0.15, -0.1) is 0 Å². The summed E-state index contributed by atoms with van der Waals surface area (Å²) in [5.74, 6) is 0. The smallest absolute Gasteiger partial charge is 0.0802 e. The molecule has 0 spiro atoms. The van der Waals surface area contributed by atoms with E-state index in [4.69, 9.17) is 0 Å². The minimum Gasteiger partial charge on any atom is -0.388 e. The van der Waals surface area contributed by atoms with Crippen LogP contribution in [0.15, 0.2) is 28.7 Å². The van der Waals surface area contributed by atoms with Crippen molar-refractivity contribution in [2.45, 2.75) is 32.4 Å². The van der Waals surface area contributed by atoms with Crippen LogP contribution in [0.5, 0.6) is 0 Å². The van der Waals surface area contributed by atoms with Crippen LogP contribution >= 0.6 is 15.9 Å². The normalized spacial score (nSPS) is 19.4. The third-order valence-corrected chi connectivity index (χ3v) is 4.64. The third kappa shape index (κ3) is 4.55. The largest absolute Gasteiger partial charge is 0.388 e. The Labute approximate surface area is 130 Å². The average molecular weight is 341 g/mol. The Morgan fingerprint density at radius 2 is 1.70 bits per heavy atom. The molecule has 1 atom stereocenters. The van der Waals surface area contributed by atoms with E-state index in [9.17, 15) is 5.11 Å². The van der Waals surface area contributed by atoms with Gasteiger partial charge >= 0.3 is 0 Å². The van der Waals surface area contributed by atoms with E-state index in [2.05, 4.69) is 39.6 Å². The average Bonchev–Trinajstić information content (AvgIpc) is 2.46. The van der Waals surface area contributed by atoms with E-state index < -0.39 is 0 Å². The van der Waals surface area contributed by atoms with Gasteiger partial charge in [0.05, 0.1) is 6.10 Å². The maximum absolute atomic E-state index is 10.2. The molecule has 1 aromatic rings. The Bertz CT molecular complexity index is 399. The minimum absolute atomic E-state index is 0.355. The maximum Gasteiger partial charge on any atom is 0.0802 e. The second-order valence-corrected chi connectivity index (χ2v) is 6.74. The molecule has 1 aromatic carbocycles. The summed E-state index contributed by atoms with van der Waals surface area (Å²) in [5, 5.41) is 10.2. The molecular formula is C16H25BrN2O. The van der Waals surface area contributed by atoms with Crippen LogP contribution < -0.4 is 0 Å². The molecule has 1 aliphatic rings. The quantitative estimate of drug-likeness (QED) is 0.892. The first kappa shape index (κ1) is 16.0. The van der Waals surface area contributed by atoms with Crippen LogP contribution in [0, 0.1) is 0 Å². The van der Waals surface area contributed by atoms with Gasteiger partial charge in [-0.25, -0.2) is 0 Å². The lowest BCUT2D eigenvalue weighted by Gasteiger charge is -2.37. The molecule has 1 saturated heterocycles. The fourth-order valence-electron chi connectivity index (χ4n) is 2.66. The van der Waals surface area contributed by atoms with Crippen LogP contribution in [0.25, 0.3) is 0 Å². The van der Waals surface area contributed by atoms with Crippen molar-refractivity contribution < 1.29 is 5.11 Å². The van der Waals surface area contributed by atoms with Gasteiger partial charge in [-0.1, -0.05) is 28.1 Å². The number of aliphatic hydroxyl groups is 1. The second-order valence-electron chi connectivity index (χ2n) is 5.83. The lowest BCUT2D eigenvalue weighted by atomic mass is 10.1. The van der Waals surface area contributed by atoms with Crippen LogP contribution in [0.2, 0.25) is 0 Å². The Morgan fingerprint density at radius 3 is 2.25 bits per heavy atom. The van der Waals surface area contributed by atoms with Crippen molar-refractivity contribution >= 4 is 15.9 Å². The van der Waals surface area contributed by atoms with Gasteiger partial charge in [0.15, 0.2) is 0 Å². The van der Waals surface area contributed by atoms with Gasteiger partial charge in [0.1, 0.15) is 0 Å². The summed E-state index contributed by atoms with van der Waals surface area (Å²) in [6.07, 6.45) is 0.453. The van der Waals surface area contributed by atoms with Gasteiger partial charge in [-0.2, -0.15) is 0 Å². The Balaban J connectivity index is 1.74. The molecule has 3 nitrogen and oxygen atoms in total. The monoisotopic (exact) mass is 340 g/mol. The molecular weight excluding hydrogens is 316 g/mol. The van der Waals surface area contributed by atoms with E-state index in [-0.39, 0.29) is 6.10 Å². The van der Waals surface area contributed by atoms with Crippen molar-refractivity contribution in [3.63, 3.8) is 0 Å². The van der Waals surface area contributed by atoms with E-state index in [1.165, 1.54) is 0 Å². The Hall–Kier alpha value is -0.420. The highest BCUT2D eigenvalue weighted by Gasteiger charge is 2.19. The van der Waals surface area contributed by atoms with Crippen LogP contribution in [-0.2, 0) is 0 Å². The summed E-state index contributed by atoms with van der Waals surface area (Å²) < 4.78 is 1.05. The lowest BCUT2D eigenvalue weighted by molar-refractivity contribution is 0.0882. The standard InChI is InChI=1S/C16H25BrN2O/c1-13(2)19-11-9-18(10-12-19)8-7-16(20)14-3-5-15(17)6-4-14/h3-6,13,16,20H,7-12H2,1-2H3. The summed E-state index contributed by atoms with van der Waals surface area (Å²) in [7, 11) is 0. The minimum atomic E-state index is -0.355. The van der Waals surface area contributed by atoms with Crippen molar-refractivity contribution in [1.82, 2.24) is 9.80 Å². The van der Waals surface area contributed by atoms with Crippen LogP contribution in [0.1, 0.15) is 31.9 Å². The zero-order valence-electron chi connectivity index (χ0n) is 12.4. The van der Waals surface area contributed by atoms with Gasteiger partial charge in [0, 0.05) is 43.2 Å². The second kappa shape index (κ2) is 7.55. The molecule has 4 heteroatoms. The molecule has 1 aliphatic heterocycles. The molecule has 0 bridgehead atoms. The molecule has 0 saturated carbocycles. The van der Waals surface area contributed by atoms with E-state index >= 15 is 0 Å². The zero-order valence-corrected chi connectivity index (χ0v) is 14.0. The summed E-state index contributed by atoms with van der Waals surface area (Å²) >= 11 is 3.42. The molecule has 112 valence electrons. The molecule has 20 heavy (non-hydrogen) atoms. The molecule has 0 amide bonds. The summed E-state index contributed by atoms with van der Waals surface area (Å²) in [6.45, 7) is 10.0. The van der Waals surface area contributed by atoms with Gasteiger partial charge in [-0.3, -0.25) is 4.90 Å². The molecule has 2 rings (SSSR count). The fraction of sp³-hybridized carbons (Fsp3) is 0.625. The fourth-order valence-corrected chi connectivity index (χ4v) is 2.92. The van der Waals surface area contributed by atoms with Crippen molar-refractivity contribution in [2.75, 3.05) is 32.7 Å². The number of rotatable bonds is 5. The van der Waals surface area contributed by atoms with Crippen molar-refractivity contribution in [3.05, 3.63) is 34.3 Å². The molecule has 1 N–H and O–H groups in total. The first-order valence-electron chi connectivity index (χ1n) is 7.46. The van der Waals surface area contributed by atoms with E-state index in [1.807, 2.05) is 24.3 Å². The van der Waals surface area contributed by atoms with Gasteiger partial charge in [0.25, 0.3) is 0 Å². The number of halogens is 1. The summed E-state index contributed by atoms with van der Waals surface area (Å²) in [5.41, 5.74) is 1.01. The molecule has 0 aromatic heterocycles. The highest BCUT2D eigenvalue weighted by molar-refractivity contribution is 9.10. The Morgan fingerprint density at radius 1 is 1.10 bits per heavy atom. The summed E-state index contributed by atoms with van der Waals surface area (Å²) in [4.78, 5) is 4.97. The van der Waals surface area contributed by atoms with E-state index in [0.717, 1.165) is 49.2 Å². The van der Waals surface area contributed by atoms with Crippen molar-refractivity contribution in [1.29, 1.82) is 0 Å². The molecule has 1 heterocycles. The van der Waals surface area contributed by atoms with E-state index in [1.54, 1.807) is 0 Å². The first-order chi connectivity index (χ1) is 9.56. The molecule has 0 aliphatic carbocycles. The topological polar surface area (TPSA) is 26.7 Å². The first-order valence-corrected chi connectivity index (χ1v) is 8.25. The predicted octanol–water partition coefficient (Wildman–Crippen LogP) is 2.90. The predicted molar refractivity (Wildman–Crippen MR) is 86.9 cm³/mol. The number of aliphatic hydroxyl groups excluding tert-OH is 1. The number of nitrogens with zero attached hydrogens (tertiary/aromatic N) is 2. The number of hydrogen-bond acceptors (Lipinski definition) is 3. The van der Waals surface area contributed by atoms with Gasteiger partial charge < -0.3 is 10.0 Å². The van der Waals surface area contributed by atoms with Gasteiger partial charge in [-0.05, 0) is 38.0 Å². The number of piperazine rings is 1. The lowest BCUT2D eigenvalue weighted by Crippen LogP contribution is -2.49. The highest BCUT2D eigenvalue weighted by atomic mass is 79.9. The molecule has 1 fully saturated rings. The maximum atomic E-state index is 10.2. The zero-order chi connectivity index (χ0) is 14.5. The molecule has 1 unspecified atom stereocenters. The van der Waals surface area contributed by atoms with Crippen LogP contribution in [0.4, 0.5) is 0 Å². The van der Waals surface area contributed by atoms with E-state index in [0.29, 0.717) is 6.04 Å². The van der Waals surface area contributed by atoms with Crippen LogP contribution in [0.3, 0.4) is 0 Å². The SMILES string of the molecule is CC(C)N1CCN(CCC(O)c2ccc(Br)cc2)CC1. The van der Waals surface area contributed by atoms with Crippen molar-refractivity contribution in [2.24, 2.45) is 0 Å². The van der Waals surface area contributed by atoms with Crippen molar-refractivity contribution in [3.8, 4) is 0 Å². The highest BCUT2D eigenvalue weighted by Crippen LogP contribution is 2.20. The number of benzene rings is 1. The number of hydrogen-bond donors (Lipinski definition) is 1. The summed E-state index contributed by atoms with van der Waals surface area (Å²) in [6, 6.07) is 8.60. The van der Waals surface area contributed by atoms with Crippen LogP contribution in [-0.4, -0.2) is 53.7 Å². The Kier molecular flexibility index (Phi) is 6.02. The molecule has 0 radical (unpaired) electrons. The van der Waals surface area contributed by atoms with Gasteiger partial charge in [0.2, 0.25) is 0 Å². The third-order valence-electron chi connectivity index (χ3n) is 4.11.